The smallest absolute Gasteiger partial charge is 0.339 e. The molecule has 2 aromatic rings. The van der Waals surface area contributed by atoms with Crippen molar-refractivity contribution in [3.63, 3.8) is 0 Å². The summed E-state index contributed by atoms with van der Waals surface area (Å²) in [6.45, 7) is 1.19. The highest BCUT2D eigenvalue weighted by Crippen LogP contribution is 2.21. The molecule has 0 spiro atoms. The molecule has 1 heterocycles. The Hall–Kier alpha value is -3.35. The molecule has 0 radical (unpaired) electrons. The number of likely N-dealkylation sites (tertiary alicyclic amines) is 1. The first kappa shape index (κ1) is 20.4. The zero-order chi connectivity index (χ0) is 20.8. The van der Waals surface area contributed by atoms with E-state index in [0.717, 1.165) is 12.0 Å². The summed E-state index contributed by atoms with van der Waals surface area (Å²) in [5, 5.41) is 12.1. The number of methoxy groups -OCH3 is 1. The first-order valence-corrected chi connectivity index (χ1v) is 9.47. The first-order valence-electron chi connectivity index (χ1n) is 9.47. The molecule has 0 saturated carbocycles. The molecule has 2 aromatic carbocycles. The third kappa shape index (κ3) is 5.13. The first-order chi connectivity index (χ1) is 14.0. The maximum Gasteiger partial charge on any atom is 0.339 e. The average molecular weight is 396 g/mol. The lowest BCUT2D eigenvalue weighted by molar-refractivity contribution is -0.129. The van der Waals surface area contributed by atoms with Crippen LogP contribution in [0.4, 0.5) is 0 Å². The van der Waals surface area contributed by atoms with E-state index in [2.05, 4.69) is 5.32 Å². The second-order valence-electron chi connectivity index (χ2n) is 7.03. The van der Waals surface area contributed by atoms with Crippen LogP contribution >= 0.6 is 0 Å². The molecule has 1 aliphatic heterocycles. The number of nitrogens with zero attached hydrogens (tertiary/aromatic N) is 1. The van der Waals surface area contributed by atoms with Gasteiger partial charge in [-0.2, -0.15) is 0 Å². The number of hydrogen-bond acceptors (Lipinski definition) is 4. The number of carbonyl (C=O) groups is 3. The SMILES string of the molecule is COc1ccc(CNC(=O)C2CC(=O)N(CCc3ccccc3)C2)cc1C(=O)O. The zero-order valence-corrected chi connectivity index (χ0v) is 16.3. The number of aromatic carboxylic acids is 1. The molecule has 0 aromatic heterocycles. The molecule has 3 rings (SSSR count). The summed E-state index contributed by atoms with van der Waals surface area (Å²) < 4.78 is 5.04. The molecular weight excluding hydrogens is 372 g/mol. The Bertz CT molecular complexity index is 897. The standard InChI is InChI=1S/C22H24N2O5/c1-29-19-8-7-16(11-18(19)22(27)28)13-23-21(26)17-12-20(25)24(14-17)10-9-15-5-3-2-4-6-15/h2-8,11,17H,9-10,12-14H2,1H3,(H,23,26)(H,27,28). The molecule has 152 valence electrons. The number of nitrogens with one attached hydrogen (secondary N) is 1. The number of hydrogen-bond donors (Lipinski definition) is 2. The van der Waals surface area contributed by atoms with Crippen molar-refractivity contribution in [2.24, 2.45) is 5.92 Å². The van der Waals surface area contributed by atoms with Crippen LogP contribution in [0.25, 0.3) is 0 Å². The van der Waals surface area contributed by atoms with Gasteiger partial charge in [-0.3, -0.25) is 9.59 Å². The van der Waals surface area contributed by atoms with Crippen molar-refractivity contribution in [3.05, 3.63) is 65.2 Å². The van der Waals surface area contributed by atoms with E-state index in [0.29, 0.717) is 18.7 Å². The zero-order valence-electron chi connectivity index (χ0n) is 16.3. The topological polar surface area (TPSA) is 95.9 Å². The summed E-state index contributed by atoms with van der Waals surface area (Å²) in [7, 11) is 1.41. The predicted molar refractivity (Wildman–Crippen MR) is 107 cm³/mol. The quantitative estimate of drug-likeness (QED) is 0.712. The van der Waals surface area contributed by atoms with E-state index in [9.17, 15) is 19.5 Å². The fourth-order valence-corrected chi connectivity index (χ4v) is 3.44. The Balaban J connectivity index is 1.53. The van der Waals surface area contributed by atoms with Gasteiger partial charge in [-0.25, -0.2) is 4.79 Å². The van der Waals surface area contributed by atoms with E-state index >= 15 is 0 Å². The van der Waals surface area contributed by atoms with Crippen molar-refractivity contribution < 1.29 is 24.2 Å². The molecule has 0 bridgehead atoms. The average Bonchev–Trinajstić information content (AvgIpc) is 3.11. The molecular formula is C22H24N2O5. The van der Waals surface area contributed by atoms with Crippen LogP contribution in [-0.2, 0) is 22.6 Å². The highest BCUT2D eigenvalue weighted by Gasteiger charge is 2.33. The lowest BCUT2D eigenvalue weighted by Crippen LogP contribution is -2.33. The van der Waals surface area contributed by atoms with Gasteiger partial charge >= 0.3 is 5.97 Å². The molecule has 1 saturated heterocycles. The van der Waals surface area contributed by atoms with Crippen LogP contribution in [-0.4, -0.2) is 48.0 Å². The number of benzene rings is 2. The van der Waals surface area contributed by atoms with Crippen molar-refractivity contribution in [1.29, 1.82) is 0 Å². The summed E-state index contributed by atoms with van der Waals surface area (Å²) in [5.41, 5.74) is 1.85. The van der Waals surface area contributed by atoms with Crippen molar-refractivity contribution in [2.75, 3.05) is 20.2 Å². The highest BCUT2D eigenvalue weighted by atomic mass is 16.5. The van der Waals surface area contributed by atoms with Gasteiger partial charge in [0.1, 0.15) is 11.3 Å². The number of carboxylic acids is 1. The molecule has 7 nitrogen and oxygen atoms in total. The molecule has 2 N–H and O–H groups in total. The largest absolute Gasteiger partial charge is 0.496 e. The van der Waals surface area contributed by atoms with Gasteiger partial charge in [0.25, 0.3) is 0 Å². The van der Waals surface area contributed by atoms with Crippen LogP contribution < -0.4 is 10.1 Å². The van der Waals surface area contributed by atoms with Crippen LogP contribution in [0, 0.1) is 5.92 Å². The van der Waals surface area contributed by atoms with Crippen LogP contribution in [0.3, 0.4) is 0 Å². The lowest BCUT2D eigenvalue weighted by Gasteiger charge is -2.16. The third-order valence-electron chi connectivity index (χ3n) is 5.06. The number of rotatable bonds is 8. The second-order valence-corrected chi connectivity index (χ2v) is 7.03. The van der Waals surface area contributed by atoms with Crippen molar-refractivity contribution in [3.8, 4) is 5.75 Å². The molecule has 2 amide bonds. The minimum Gasteiger partial charge on any atom is -0.496 e. The van der Waals surface area contributed by atoms with Gasteiger partial charge in [-0.1, -0.05) is 36.4 Å². The fraction of sp³-hybridized carbons (Fsp3) is 0.318. The Kier molecular flexibility index (Phi) is 6.49. The Labute approximate surface area is 169 Å². The molecule has 1 atom stereocenters. The van der Waals surface area contributed by atoms with Gasteiger partial charge in [0.05, 0.1) is 13.0 Å². The highest BCUT2D eigenvalue weighted by molar-refractivity contribution is 5.91. The van der Waals surface area contributed by atoms with Gasteiger partial charge in [-0.05, 0) is 29.7 Å². The summed E-state index contributed by atoms with van der Waals surface area (Å²) >= 11 is 0. The predicted octanol–water partition coefficient (Wildman–Crippen LogP) is 2.10. The lowest BCUT2D eigenvalue weighted by atomic mass is 10.1. The van der Waals surface area contributed by atoms with Gasteiger partial charge in [0, 0.05) is 26.1 Å². The van der Waals surface area contributed by atoms with Gasteiger partial charge < -0.3 is 20.1 Å². The van der Waals surface area contributed by atoms with E-state index in [-0.39, 0.29) is 36.1 Å². The summed E-state index contributed by atoms with van der Waals surface area (Å²) in [6, 6.07) is 14.7. The van der Waals surface area contributed by atoms with E-state index in [4.69, 9.17) is 4.74 Å². The van der Waals surface area contributed by atoms with Crippen molar-refractivity contribution in [2.45, 2.75) is 19.4 Å². The number of ether oxygens (including phenoxy) is 1. The van der Waals surface area contributed by atoms with Gasteiger partial charge in [0.2, 0.25) is 11.8 Å². The Morgan fingerprint density at radius 3 is 2.62 bits per heavy atom. The monoisotopic (exact) mass is 396 g/mol. The van der Waals surface area contributed by atoms with Crippen LogP contribution in [0.15, 0.2) is 48.5 Å². The molecule has 0 aliphatic carbocycles. The molecule has 7 heteroatoms. The summed E-state index contributed by atoms with van der Waals surface area (Å²) in [5.74, 6) is -1.43. The maximum atomic E-state index is 12.5. The number of carboxylic acid groups (broad SMARTS) is 1. The van der Waals surface area contributed by atoms with E-state index in [1.807, 2.05) is 30.3 Å². The Morgan fingerprint density at radius 1 is 1.17 bits per heavy atom. The minimum atomic E-state index is -1.09. The molecule has 1 unspecified atom stereocenters. The maximum absolute atomic E-state index is 12.5. The third-order valence-corrected chi connectivity index (χ3v) is 5.06. The molecule has 1 aliphatic rings. The fourth-order valence-electron chi connectivity index (χ4n) is 3.44. The van der Waals surface area contributed by atoms with Crippen LogP contribution in [0.1, 0.15) is 27.9 Å². The van der Waals surface area contributed by atoms with E-state index in [1.165, 1.54) is 13.2 Å². The van der Waals surface area contributed by atoms with Gasteiger partial charge in [-0.15, -0.1) is 0 Å². The van der Waals surface area contributed by atoms with E-state index in [1.54, 1.807) is 17.0 Å². The normalized spacial score (nSPS) is 16.0. The van der Waals surface area contributed by atoms with Crippen LogP contribution in [0.5, 0.6) is 5.75 Å². The van der Waals surface area contributed by atoms with E-state index < -0.39 is 11.9 Å². The van der Waals surface area contributed by atoms with Crippen molar-refractivity contribution >= 4 is 17.8 Å². The molecule has 29 heavy (non-hydrogen) atoms. The minimum absolute atomic E-state index is 0.0151. The number of amides is 2. The van der Waals surface area contributed by atoms with Crippen molar-refractivity contribution in [1.82, 2.24) is 10.2 Å². The van der Waals surface area contributed by atoms with Crippen LogP contribution in [0.2, 0.25) is 0 Å². The van der Waals surface area contributed by atoms with Gasteiger partial charge in [0.15, 0.2) is 0 Å². The summed E-state index contributed by atoms with van der Waals surface area (Å²) in [6.07, 6.45) is 0.953. The molecule has 1 fully saturated rings. The Morgan fingerprint density at radius 2 is 1.93 bits per heavy atom. The summed E-state index contributed by atoms with van der Waals surface area (Å²) in [4.78, 5) is 37.8. The number of carbonyl (C=O) groups excluding carboxylic acids is 2. The second kappa shape index (κ2) is 9.23.